The number of nitrogens with one attached hydrogen (secondary N) is 5. The molecule has 4 unspecified atom stereocenters. The molecule has 7 amide bonds. The number of imide groups is 1. The van der Waals surface area contributed by atoms with Crippen molar-refractivity contribution in [1.29, 1.82) is 0 Å². The lowest BCUT2D eigenvalue weighted by Gasteiger charge is -2.23. The maximum atomic E-state index is 14.1. The highest BCUT2D eigenvalue weighted by atomic mass is 16.5. The average Bonchev–Trinajstić information content (AvgIpc) is 4.08. The minimum absolute atomic E-state index is 0.0178. The predicted molar refractivity (Wildman–Crippen MR) is 348 cm³/mol. The first-order chi connectivity index (χ1) is 42.6. The molecule has 0 aromatic rings. The normalized spacial score (nSPS) is 14.2. The molecule has 4 atom stereocenters. The second kappa shape index (κ2) is 56.3. The van der Waals surface area contributed by atoms with Crippen molar-refractivity contribution in [1.82, 2.24) is 31.5 Å². The van der Waals surface area contributed by atoms with Crippen LogP contribution in [0.1, 0.15) is 310 Å². The van der Waals surface area contributed by atoms with E-state index in [0.29, 0.717) is 45.1 Å². The molecule has 1 aliphatic rings. The van der Waals surface area contributed by atoms with E-state index < -0.39 is 36.0 Å². The first-order valence-electron chi connectivity index (χ1n) is 35.5. The molecule has 19 heteroatoms. The summed E-state index contributed by atoms with van der Waals surface area (Å²) in [7, 11) is 0. The number of nitrogens with zero attached hydrogens (tertiary/aromatic N) is 1. The summed E-state index contributed by atoms with van der Waals surface area (Å²) in [6.45, 7) is 9.25. The summed E-state index contributed by atoms with van der Waals surface area (Å²) in [5.74, 6) is -4.09. The average molecular weight is 1250 g/mol. The van der Waals surface area contributed by atoms with Gasteiger partial charge >= 0.3 is 11.9 Å². The Morgan fingerprint density at radius 1 is 0.443 bits per heavy atom. The van der Waals surface area contributed by atoms with Crippen molar-refractivity contribution >= 4 is 53.3 Å². The molecule has 0 bridgehead atoms. The number of ether oxygens (including phenoxy) is 2. The van der Waals surface area contributed by atoms with Gasteiger partial charge in [-0.2, -0.15) is 0 Å². The fourth-order valence-electron chi connectivity index (χ4n) is 11.3. The van der Waals surface area contributed by atoms with Crippen LogP contribution in [0.5, 0.6) is 0 Å². The van der Waals surface area contributed by atoms with E-state index in [1.807, 2.05) is 13.8 Å². The van der Waals surface area contributed by atoms with Crippen LogP contribution >= 0.6 is 0 Å². The van der Waals surface area contributed by atoms with Crippen molar-refractivity contribution in [2.45, 2.75) is 328 Å². The van der Waals surface area contributed by atoms with Gasteiger partial charge in [0.2, 0.25) is 41.4 Å². The Morgan fingerprint density at radius 2 is 0.841 bits per heavy atom. The van der Waals surface area contributed by atoms with Crippen molar-refractivity contribution < 1.29 is 62.8 Å². The molecule has 1 aliphatic heterocycles. The number of carbonyl (C=O) groups excluding carboxylic acids is 7. The number of hydrogen-bond donors (Lipinski definition) is 7. The Morgan fingerprint density at radius 3 is 1.27 bits per heavy atom. The van der Waals surface area contributed by atoms with Gasteiger partial charge in [0.25, 0.3) is 0 Å². The van der Waals surface area contributed by atoms with Crippen molar-refractivity contribution in [2.24, 2.45) is 11.8 Å². The van der Waals surface area contributed by atoms with Crippen LogP contribution in [0.15, 0.2) is 0 Å². The fourth-order valence-corrected chi connectivity index (χ4v) is 11.3. The minimum Gasteiger partial charge on any atom is -0.481 e. The Bertz CT molecular complexity index is 1870. The summed E-state index contributed by atoms with van der Waals surface area (Å²) in [6.07, 6.45) is 41.2. The van der Waals surface area contributed by atoms with Crippen molar-refractivity contribution in [2.75, 3.05) is 46.1 Å². The molecule has 88 heavy (non-hydrogen) atoms. The largest absolute Gasteiger partial charge is 0.481 e. The van der Waals surface area contributed by atoms with Gasteiger partial charge in [-0.3, -0.25) is 43.3 Å². The van der Waals surface area contributed by atoms with Crippen LogP contribution in [-0.2, 0) is 52.6 Å². The Kier molecular flexibility index (Phi) is 52.1. The zero-order valence-corrected chi connectivity index (χ0v) is 55.8. The van der Waals surface area contributed by atoms with Gasteiger partial charge in [0.05, 0.1) is 26.4 Å². The molecule has 1 rings (SSSR count). The number of rotatable bonds is 63. The number of aliphatic carboxylic acids is 2. The van der Waals surface area contributed by atoms with Gasteiger partial charge in [0, 0.05) is 57.7 Å². The van der Waals surface area contributed by atoms with Gasteiger partial charge in [-0.05, 0) is 44.4 Å². The van der Waals surface area contributed by atoms with Crippen LogP contribution in [0.3, 0.4) is 0 Å². The van der Waals surface area contributed by atoms with Crippen molar-refractivity contribution in [3.8, 4) is 0 Å². The summed E-state index contributed by atoms with van der Waals surface area (Å²) in [5, 5.41) is 32.4. The Labute approximate surface area is 531 Å². The van der Waals surface area contributed by atoms with Crippen molar-refractivity contribution in [3.05, 3.63) is 0 Å². The third-order valence-electron chi connectivity index (χ3n) is 16.9. The number of hydrogen-bond acceptors (Lipinski definition) is 11. The van der Waals surface area contributed by atoms with Gasteiger partial charge in [-0.15, -0.1) is 0 Å². The third-order valence-corrected chi connectivity index (χ3v) is 16.9. The molecule has 0 radical (unpaired) electrons. The van der Waals surface area contributed by atoms with Gasteiger partial charge in [-0.1, -0.05) is 240 Å². The summed E-state index contributed by atoms with van der Waals surface area (Å²) < 4.78 is 11.3. The maximum Gasteiger partial charge on any atom is 0.328 e. The summed E-state index contributed by atoms with van der Waals surface area (Å²) in [6, 6.07) is -2.86. The van der Waals surface area contributed by atoms with E-state index in [9.17, 15) is 48.3 Å². The second-order valence-corrected chi connectivity index (χ2v) is 25.2. The minimum atomic E-state index is -1.25. The molecule has 1 fully saturated rings. The Hall–Kier alpha value is -4.65. The Balaban J connectivity index is 2.58. The quantitative estimate of drug-likeness (QED) is 0.0221. The topological polar surface area (TPSA) is 276 Å². The number of carboxylic acids is 2. The molecule has 510 valence electrons. The molecule has 1 heterocycles. The molecule has 0 saturated carbocycles. The molecule has 0 aromatic heterocycles. The van der Waals surface area contributed by atoms with Gasteiger partial charge in [-0.25, -0.2) is 4.79 Å². The molecule has 0 aromatic carbocycles. The molecule has 0 aliphatic carbocycles. The van der Waals surface area contributed by atoms with E-state index in [1.54, 1.807) is 0 Å². The maximum absolute atomic E-state index is 14.1. The second-order valence-electron chi connectivity index (χ2n) is 25.2. The monoisotopic (exact) mass is 1250 g/mol. The number of amides is 7. The number of carboxylic acid groups (broad SMARTS) is 2. The summed E-state index contributed by atoms with van der Waals surface area (Å²) in [5.41, 5.74) is 0. The molecule has 0 spiro atoms. The van der Waals surface area contributed by atoms with Crippen LogP contribution in [0.2, 0.25) is 0 Å². The van der Waals surface area contributed by atoms with Crippen LogP contribution < -0.4 is 26.6 Å². The number of unbranched alkanes of at least 4 members (excludes halogenated alkanes) is 33. The third kappa shape index (κ3) is 45.6. The van der Waals surface area contributed by atoms with E-state index in [1.165, 1.54) is 120 Å². The highest BCUT2D eigenvalue weighted by Gasteiger charge is 2.39. The lowest BCUT2D eigenvalue weighted by molar-refractivity contribution is -0.142. The van der Waals surface area contributed by atoms with Crippen LogP contribution in [0.4, 0.5) is 0 Å². The van der Waals surface area contributed by atoms with Crippen molar-refractivity contribution in [3.63, 3.8) is 0 Å². The van der Waals surface area contributed by atoms with E-state index >= 15 is 0 Å². The molecule has 1 saturated heterocycles. The first kappa shape index (κ1) is 81.4. The molecular formula is C69H126N6O13. The number of carbonyl (C=O) groups is 9. The lowest BCUT2D eigenvalue weighted by atomic mass is 9.94. The van der Waals surface area contributed by atoms with Gasteiger partial charge in [0.15, 0.2) is 0 Å². The fraction of sp³-hybridized carbons (Fsp3) is 0.870. The first-order valence-corrected chi connectivity index (χ1v) is 35.5. The van der Waals surface area contributed by atoms with E-state index in [0.717, 1.165) is 96.3 Å². The lowest BCUT2D eigenvalue weighted by Crippen LogP contribution is -2.54. The van der Waals surface area contributed by atoms with Crippen LogP contribution in [0.25, 0.3) is 0 Å². The smallest absolute Gasteiger partial charge is 0.328 e. The summed E-state index contributed by atoms with van der Waals surface area (Å²) >= 11 is 0. The van der Waals surface area contributed by atoms with Gasteiger partial charge in [0.1, 0.15) is 18.1 Å². The predicted octanol–water partition coefficient (Wildman–Crippen LogP) is 12.7. The van der Waals surface area contributed by atoms with Gasteiger partial charge < -0.3 is 46.3 Å². The molecule has 19 nitrogen and oxygen atoms in total. The zero-order chi connectivity index (χ0) is 64.7. The van der Waals surface area contributed by atoms with E-state index in [-0.39, 0.29) is 119 Å². The highest BCUT2D eigenvalue weighted by Crippen LogP contribution is 2.27. The van der Waals surface area contributed by atoms with E-state index in [4.69, 9.17) is 14.6 Å². The van der Waals surface area contributed by atoms with E-state index in [2.05, 4.69) is 40.4 Å². The number of likely N-dealkylation sites (tertiary alicyclic amines) is 1. The van der Waals surface area contributed by atoms with Crippen LogP contribution in [-0.4, -0.2) is 133 Å². The van der Waals surface area contributed by atoms with Crippen LogP contribution in [0, 0.1) is 11.8 Å². The SMILES string of the molecule is CCCCCCCCCCCCC(NC(=O)CCCCCN1C(=O)CC(C(C)C)C1=O)C(=O)NC(CCCCCCCCCCCC)C(=O)NCCOCCOCCC(=O)NCC(NC(=O)CCCCCCCCCCCCCCCCC(=O)O)C(=O)O. The zero-order valence-electron chi connectivity index (χ0n) is 55.8. The highest BCUT2D eigenvalue weighted by molar-refractivity contribution is 6.03. The molecule has 7 N–H and O–H groups in total. The summed E-state index contributed by atoms with van der Waals surface area (Å²) in [4.78, 5) is 115. The standard InChI is InChI=1S/C69H126N6O13/c1-5-7-9-11-13-15-23-27-31-36-42-58(74-67(83)59(43-37-32-28-24-16-14-12-10-8-6-2)72-62(77)45-39-35-41-49-75-64(79)54-57(56(3)4)68(75)84)66(82)70-48-51-88-53-52-87-50-47-61(76)71-55-60(69(85)86)73-63(78)44-38-33-29-25-21-19-17-18-20-22-26-30-34-40-46-65(80)81/h56-60H,5-55H2,1-4H3,(H,70,82)(H,71,76)(H,72,77)(H,73,78)(H,74,83)(H,80,81)(H,85,86). The molecular weight excluding hydrogens is 1120 g/mol.